The lowest BCUT2D eigenvalue weighted by Gasteiger charge is -2.03. The minimum atomic E-state index is -0.257. The molecule has 0 heterocycles. The zero-order chi connectivity index (χ0) is 15.7. The summed E-state index contributed by atoms with van der Waals surface area (Å²) in [7, 11) is 1.59. The quantitative estimate of drug-likeness (QED) is 0.772. The third-order valence-corrected chi connectivity index (χ3v) is 4.57. The van der Waals surface area contributed by atoms with Gasteiger partial charge in [-0.15, -0.1) is 0 Å². The molecule has 1 fully saturated rings. The third-order valence-electron chi connectivity index (χ3n) is 4.08. The van der Waals surface area contributed by atoms with Crippen LogP contribution < -0.4 is 4.74 Å². The van der Waals surface area contributed by atoms with Crippen molar-refractivity contribution in [2.75, 3.05) is 7.11 Å². The van der Waals surface area contributed by atoms with E-state index >= 15 is 0 Å². The lowest BCUT2D eigenvalue weighted by Crippen LogP contribution is -2.04. The minimum absolute atomic E-state index is 0.0166. The highest BCUT2D eigenvalue weighted by molar-refractivity contribution is 9.10. The number of ketones is 1. The molecule has 0 aromatic heterocycles. The van der Waals surface area contributed by atoms with Gasteiger partial charge in [-0.1, -0.05) is 28.1 Å². The molecule has 0 spiro atoms. The first-order valence-electron chi connectivity index (χ1n) is 6.99. The third kappa shape index (κ3) is 2.65. The second-order valence-electron chi connectivity index (χ2n) is 5.35. The van der Waals surface area contributed by atoms with E-state index in [0.717, 1.165) is 10.0 Å². The van der Waals surface area contributed by atoms with Gasteiger partial charge in [0.05, 0.1) is 19.1 Å². The van der Waals surface area contributed by atoms with E-state index in [4.69, 9.17) is 4.74 Å². The molecule has 4 heteroatoms. The number of carbonyl (C=O) groups excluding carboxylic acids is 1. The van der Waals surface area contributed by atoms with Crippen LogP contribution in [0.2, 0.25) is 0 Å². The molecule has 0 radical (unpaired) electrons. The van der Waals surface area contributed by atoms with Crippen LogP contribution in [0.15, 0.2) is 53.0 Å². The molecule has 3 unspecified atom stereocenters. The number of hydrogen-bond acceptors (Lipinski definition) is 3. The number of hydrogen-bond donors (Lipinski definition) is 0. The second-order valence-corrected chi connectivity index (χ2v) is 6.27. The molecule has 1 aliphatic carbocycles. The number of carbonyl (C=O) groups is 1. The van der Waals surface area contributed by atoms with Gasteiger partial charge in [0.2, 0.25) is 0 Å². The average molecular weight is 356 g/mol. The Balaban J connectivity index is 1.84. The standard InChI is InChI=1S/C18H14BrNO2/c1-22-14-7-5-11(6-8-14)18(21)17-15(10-20)16(17)12-3-2-4-13(19)9-12/h2-9,15-17H,1H3. The van der Waals surface area contributed by atoms with Crippen LogP contribution in [0, 0.1) is 23.2 Å². The predicted molar refractivity (Wildman–Crippen MR) is 86.8 cm³/mol. The lowest BCUT2D eigenvalue weighted by molar-refractivity contribution is 0.0962. The molecule has 2 aromatic carbocycles. The van der Waals surface area contributed by atoms with Crippen molar-refractivity contribution in [1.82, 2.24) is 0 Å². The maximum atomic E-state index is 12.6. The lowest BCUT2D eigenvalue weighted by atomic mass is 10.0. The van der Waals surface area contributed by atoms with E-state index < -0.39 is 0 Å². The molecule has 110 valence electrons. The Bertz CT molecular complexity index is 748. The molecule has 0 N–H and O–H groups in total. The summed E-state index contributed by atoms with van der Waals surface area (Å²) in [4.78, 5) is 12.6. The number of benzene rings is 2. The van der Waals surface area contributed by atoms with E-state index in [0.29, 0.717) is 11.3 Å². The summed E-state index contributed by atoms with van der Waals surface area (Å²) < 4.78 is 6.06. The largest absolute Gasteiger partial charge is 0.497 e. The normalized spacial score (nSPS) is 22.7. The Morgan fingerprint density at radius 3 is 2.55 bits per heavy atom. The monoisotopic (exact) mass is 355 g/mol. The molecule has 2 aromatic rings. The maximum Gasteiger partial charge on any atom is 0.167 e. The van der Waals surface area contributed by atoms with Gasteiger partial charge in [0.15, 0.2) is 5.78 Å². The molecule has 1 saturated carbocycles. The number of rotatable bonds is 4. The summed E-state index contributed by atoms with van der Waals surface area (Å²) in [6.07, 6.45) is 0. The summed E-state index contributed by atoms with van der Waals surface area (Å²) in [6, 6.07) is 17.1. The highest BCUT2D eigenvalue weighted by atomic mass is 79.9. The number of Topliss-reactive ketones (excluding diaryl/α,β-unsaturated/α-hetero) is 1. The van der Waals surface area contributed by atoms with Gasteiger partial charge in [-0.05, 0) is 42.0 Å². The van der Waals surface area contributed by atoms with Crippen LogP contribution in [-0.4, -0.2) is 12.9 Å². The fourth-order valence-electron chi connectivity index (χ4n) is 2.87. The van der Waals surface area contributed by atoms with E-state index in [9.17, 15) is 10.1 Å². The molecule has 0 amide bonds. The van der Waals surface area contributed by atoms with Crippen LogP contribution in [0.5, 0.6) is 5.75 Å². The van der Waals surface area contributed by atoms with Gasteiger partial charge >= 0.3 is 0 Å². The van der Waals surface area contributed by atoms with E-state index in [2.05, 4.69) is 22.0 Å². The van der Waals surface area contributed by atoms with E-state index in [1.54, 1.807) is 31.4 Å². The Morgan fingerprint density at radius 1 is 1.23 bits per heavy atom. The van der Waals surface area contributed by atoms with Crippen molar-refractivity contribution in [1.29, 1.82) is 5.26 Å². The summed E-state index contributed by atoms with van der Waals surface area (Å²) in [5.74, 6) is 0.223. The van der Waals surface area contributed by atoms with Gasteiger partial charge in [0, 0.05) is 21.9 Å². The van der Waals surface area contributed by atoms with Crippen molar-refractivity contribution in [2.24, 2.45) is 11.8 Å². The molecular formula is C18H14BrNO2. The molecule has 0 saturated heterocycles. The number of halogens is 1. The first kappa shape index (κ1) is 14.8. The number of nitriles is 1. The molecular weight excluding hydrogens is 342 g/mol. The fraction of sp³-hybridized carbons (Fsp3) is 0.222. The Hall–Kier alpha value is -2.12. The van der Waals surface area contributed by atoms with Gasteiger partial charge in [0.25, 0.3) is 0 Å². The van der Waals surface area contributed by atoms with E-state index in [-0.39, 0.29) is 23.5 Å². The minimum Gasteiger partial charge on any atom is -0.497 e. The number of nitrogens with zero attached hydrogens (tertiary/aromatic N) is 1. The van der Waals surface area contributed by atoms with Crippen molar-refractivity contribution in [2.45, 2.75) is 5.92 Å². The van der Waals surface area contributed by atoms with Crippen molar-refractivity contribution in [3.63, 3.8) is 0 Å². The number of methoxy groups -OCH3 is 1. The van der Waals surface area contributed by atoms with Crippen molar-refractivity contribution >= 4 is 21.7 Å². The highest BCUT2D eigenvalue weighted by Crippen LogP contribution is 2.55. The highest BCUT2D eigenvalue weighted by Gasteiger charge is 2.55. The van der Waals surface area contributed by atoms with Gasteiger partial charge in [-0.2, -0.15) is 5.26 Å². The van der Waals surface area contributed by atoms with E-state index in [1.807, 2.05) is 24.3 Å². The predicted octanol–water partition coefficient (Wildman–Crippen LogP) is 4.19. The van der Waals surface area contributed by atoms with E-state index in [1.165, 1.54) is 0 Å². The summed E-state index contributed by atoms with van der Waals surface area (Å²) in [6.45, 7) is 0. The smallest absolute Gasteiger partial charge is 0.167 e. The summed E-state index contributed by atoms with van der Waals surface area (Å²) in [5.41, 5.74) is 1.66. The van der Waals surface area contributed by atoms with Crippen LogP contribution in [0.25, 0.3) is 0 Å². The molecule has 0 aliphatic heterocycles. The van der Waals surface area contributed by atoms with Crippen LogP contribution in [0.3, 0.4) is 0 Å². The van der Waals surface area contributed by atoms with Crippen molar-refractivity contribution < 1.29 is 9.53 Å². The summed E-state index contributed by atoms with van der Waals surface area (Å²) >= 11 is 3.44. The molecule has 3 nitrogen and oxygen atoms in total. The molecule has 3 atom stereocenters. The SMILES string of the molecule is COc1ccc(C(=O)C2C(C#N)C2c2cccc(Br)c2)cc1. The van der Waals surface area contributed by atoms with Crippen LogP contribution in [0.1, 0.15) is 21.8 Å². The first-order valence-corrected chi connectivity index (χ1v) is 7.78. The van der Waals surface area contributed by atoms with Crippen molar-refractivity contribution in [3.05, 3.63) is 64.1 Å². The topological polar surface area (TPSA) is 50.1 Å². The van der Waals surface area contributed by atoms with Crippen LogP contribution in [0.4, 0.5) is 0 Å². The molecule has 3 rings (SSSR count). The van der Waals surface area contributed by atoms with Crippen molar-refractivity contribution in [3.8, 4) is 11.8 Å². The van der Waals surface area contributed by atoms with Crippen LogP contribution in [-0.2, 0) is 0 Å². The summed E-state index contributed by atoms with van der Waals surface area (Å²) in [5, 5.41) is 9.32. The molecule has 22 heavy (non-hydrogen) atoms. The van der Waals surface area contributed by atoms with Gasteiger partial charge in [-0.3, -0.25) is 4.79 Å². The zero-order valence-electron chi connectivity index (χ0n) is 12.0. The zero-order valence-corrected chi connectivity index (χ0v) is 13.6. The van der Waals surface area contributed by atoms with Gasteiger partial charge in [-0.25, -0.2) is 0 Å². The average Bonchev–Trinajstić information content (AvgIpc) is 3.28. The maximum absolute atomic E-state index is 12.6. The second kappa shape index (κ2) is 5.94. The fourth-order valence-corrected chi connectivity index (χ4v) is 3.29. The van der Waals surface area contributed by atoms with Crippen LogP contribution >= 0.6 is 15.9 Å². The van der Waals surface area contributed by atoms with Gasteiger partial charge in [0.1, 0.15) is 5.75 Å². The number of ether oxygens (including phenoxy) is 1. The Morgan fingerprint density at radius 2 is 1.95 bits per heavy atom. The Labute approximate surface area is 137 Å². The van der Waals surface area contributed by atoms with Gasteiger partial charge < -0.3 is 4.74 Å². The first-order chi connectivity index (χ1) is 10.7. The molecule has 1 aliphatic rings. The molecule has 0 bridgehead atoms. The Kier molecular flexibility index (Phi) is 4.00.